The van der Waals surface area contributed by atoms with Crippen LogP contribution in [-0.2, 0) is 26.3 Å². The summed E-state index contributed by atoms with van der Waals surface area (Å²) in [6, 6.07) is 2.54. The highest BCUT2D eigenvalue weighted by Gasteiger charge is 2.69. The van der Waals surface area contributed by atoms with Gasteiger partial charge >= 0.3 is 5.97 Å². The number of amides is 1. The first-order valence-electron chi connectivity index (χ1n) is 11.7. The van der Waals surface area contributed by atoms with E-state index in [1.54, 1.807) is 6.08 Å². The molecule has 2 aliphatic heterocycles. The lowest BCUT2D eigenvalue weighted by Crippen LogP contribution is -2.71. The molecule has 1 saturated heterocycles. The minimum Gasteiger partial charge on any atom is -0.481 e. The highest BCUT2D eigenvalue weighted by molar-refractivity contribution is 5.86. The molecular weight excluding hydrogens is 452 g/mol. The number of hydrogen-bond donors (Lipinski definition) is 4. The molecule has 9 nitrogen and oxygen atoms in total. The third-order valence-electron chi connectivity index (χ3n) is 7.91. The van der Waals surface area contributed by atoms with Gasteiger partial charge in [-0.3, -0.25) is 4.79 Å². The molecule has 0 saturated carbocycles. The summed E-state index contributed by atoms with van der Waals surface area (Å²) >= 11 is 0. The van der Waals surface area contributed by atoms with Crippen molar-refractivity contribution in [2.24, 2.45) is 0 Å². The fourth-order valence-electron chi connectivity index (χ4n) is 5.80. The number of benzene rings is 1. The second-order valence-corrected chi connectivity index (χ2v) is 9.84. The molecule has 1 aromatic rings. The van der Waals surface area contributed by atoms with Crippen molar-refractivity contribution in [2.75, 3.05) is 13.6 Å². The summed E-state index contributed by atoms with van der Waals surface area (Å²) in [5, 5.41) is 34.0. The van der Waals surface area contributed by atoms with Gasteiger partial charge in [-0.25, -0.2) is 4.79 Å². The minimum atomic E-state index is -1.25. The zero-order chi connectivity index (χ0) is 25.0. The zero-order valence-electron chi connectivity index (χ0n) is 20.3. The molecule has 6 atom stereocenters. The van der Waals surface area contributed by atoms with Crippen LogP contribution in [-0.4, -0.2) is 75.6 Å². The first kappa shape index (κ1) is 27.1. The van der Waals surface area contributed by atoms with E-state index in [-0.39, 0.29) is 32.3 Å². The fourth-order valence-corrected chi connectivity index (χ4v) is 5.80. The third kappa shape index (κ3) is 3.94. The number of aliphatic hydroxyl groups excluding tert-OH is 2. The zero-order valence-corrected chi connectivity index (χ0v) is 20.3. The van der Waals surface area contributed by atoms with Crippen LogP contribution in [0.2, 0.25) is 0 Å². The lowest BCUT2D eigenvalue weighted by atomic mass is 9.54. The van der Waals surface area contributed by atoms with Crippen molar-refractivity contribution in [2.45, 2.75) is 89.9 Å². The van der Waals surface area contributed by atoms with E-state index in [1.807, 2.05) is 33.0 Å². The molecule has 0 unspecified atom stereocenters. The third-order valence-corrected chi connectivity index (χ3v) is 7.91. The largest absolute Gasteiger partial charge is 0.481 e. The molecule has 1 fully saturated rings. The molecule has 4 N–H and O–H groups in total. The number of fused-ring (bicyclic) bond motifs is 1. The van der Waals surface area contributed by atoms with Crippen LogP contribution in [0.1, 0.15) is 57.7 Å². The fraction of sp³-hybridized carbons (Fsp3) is 0.615. The highest BCUT2D eigenvalue weighted by Crippen LogP contribution is 2.61. The Kier molecular flexibility index (Phi) is 7.39. The molecule has 4 rings (SSSR count). The van der Waals surface area contributed by atoms with Gasteiger partial charge in [-0.05, 0) is 59.3 Å². The van der Waals surface area contributed by atoms with Crippen LogP contribution in [0.4, 0.5) is 0 Å². The van der Waals surface area contributed by atoms with Crippen molar-refractivity contribution >= 4 is 11.9 Å². The maximum Gasteiger partial charge on any atom is 0.333 e. The molecule has 2 heterocycles. The Hall–Kier alpha value is -2.46. The number of nitrogens with one attached hydrogen (secondary N) is 1. The molecule has 9 heteroatoms. The average Bonchev–Trinajstić information content (AvgIpc) is 3.16. The summed E-state index contributed by atoms with van der Waals surface area (Å²) in [5.41, 5.74) is 0.330. The summed E-state index contributed by atoms with van der Waals surface area (Å²) in [6.45, 7) is 7.22. The van der Waals surface area contributed by atoms with Crippen LogP contribution < -0.4 is 10.1 Å². The number of aryl methyl sites for hydroxylation is 1. The predicted molar refractivity (Wildman–Crippen MR) is 130 cm³/mol. The number of esters is 1. The molecule has 1 aromatic carbocycles. The quantitative estimate of drug-likeness (QED) is 0.455. The number of piperidine rings is 1. The maximum atomic E-state index is 12.8. The van der Waals surface area contributed by atoms with Gasteiger partial charge in [-0.2, -0.15) is 0 Å². The van der Waals surface area contributed by atoms with Crippen molar-refractivity contribution in [1.29, 1.82) is 0 Å². The van der Waals surface area contributed by atoms with Crippen molar-refractivity contribution in [3.05, 3.63) is 40.7 Å². The first-order chi connectivity index (χ1) is 16.0. The smallest absolute Gasteiger partial charge is 0.333 e. The molecule has 1 aliphatic carbocycles. The van der Waals surface area contributed by atoms with E-state index in [9.17, 15) is 24.9 Å². The molecule has 0 radical (unpaired) electrons. The summed E-state index contributed by atoms with van der Waals surface area (Å²) in [4.78, 5) is 26.8. The molecule has 0 bridgehead atoms. The minimum absolute atomic E-state index is 0. The number of carbonyl (C=O) groups excluding carboxylic acids is 2. The number of ether oxygens (including phenoxy) is 2. The van der Waals surface area contributed by atoms with Gasteiger partial charge in [0, 0.05) is 23.6 Å². The summed E-state index contributed by atoms with van der Waals surface area (Å²) < 4.78 is 12.2. The van der Waals surface area contributed by atoms with Gasteiger partial charge in [0.1, 0.15) is 23.7 Å². The second kappa shape index (κ2) is 9.54. The second-order valence-electron chi connectivity index (χ2n) is 9.84. The monoisotopic (exact) mass is 490 g/mol. The average molecular weight is 491 g/mol. The number of nitrogens with zero attached hydrogens (tertiary/aromatic N) is 1. The summed E-state index contributed by atoms with van der Waals surface area (Å²) in [6.07, 6.45) is 0.487. The van der Waals surface area contributed by atoms with E-state index in [0.29, 0.717) is 24.3 Å². The number of rotatable bonds is 5. The number of carbonyl (C=O) groups is 2. The van der Waals surface area contributed by atoms with Gasteiger partial charge in [0.05, 0.1) is 17.6 Å². The van der Waals surface area contributed by atoms with Gasteiger partial charge in [0.25, 0.3) is 0 Å². The van der Waals surface area contributed by atoms with Crippen LogP contribution in [0.15, 0.2) is 24.0 Å². The number of likely N-dealkylation sites (tertiary alicyclic amines) is 1. The lowest BCUT2D eigenvalue weighted by molar-refractivity contribution is -0.163. The van der Waals surface area contributed by atoms with Gasteiger partial charge in [0.15, 0.2) is 6.10 Å². The molecule has 194 valence electrons. The van der Waals surface area contributed by atoms with Crippen LogP contribution in [0.5, 0.6) is 5.75 Å². The summed E-state index contributed by atoms with van der Waals surface area (Å²) in [7, 11) is 1.98. The van der Waals surface area contributed by atoms with Crippen LogP contribution in [0.3, 0.4) is 0 Å². The van der Waals surface area contributed by atoms with Crippen LogP contribution in [0, 0.1) is 6.92 Å². The molecule has 3 aliphatic rings. The Balaban J connectivity index is 0.00000342. The van der Waals surface area contributed by atoms with Crippen molar-refractivity contribution in [3.8, 4) is 5.75 Å². The Bertz CT molecular complexity index is 1040. The normalized spacial score (nSPS) is 30.9. The van der Waals surface area contributed by atoms with Crippen LogP contribution >= 0.6 is 0 Å². The maximum absolute atomic E-state index is 12.8. The molecular formula is C26H38N2O7. The van der Waals surface area contributed by atoms with Crippen LogP contribution in [0.25, 0.3) is 0 Å². The SMILES string of the molecule is C.Cc1ccc(CO)c2c1[C@]13CCN(C)[C@H](C)[C@]1(O)CC=C(OC(=O)[C@H](C)NC(=O)[C@H](C)O)[C@@H]3O2. The lowest BCUT2D eigenvalue weighted by Gasteiger charge is -2.58. The van der Waals surface area contributed by atoms with E-state index in [4.69, 9.17) is 9.47 Å². The Morgan fingerprint density at radius 2 is 2.03 bits per heavy atom. The molecule has 0 aromatic heterocycles. The predicted octanol–water partition coefficient (Wildman–Crippen LogP) is 1.29. The Morgan fingerprint density at radius 3 is 2.66 bits per heavy atom. The van der Waals surface area contributed by atoms with Crippen molar-refractivity contribution in [1.82, 2.24) is 10.2 Å². The van der Waals surface area contributed by atoms with Gasteiger partial charge in [0.2, 0.25) is 5.91 Å². The van der Waals surface area contributed by atoms with Gasteiger partial charge in [-0.1, -0.05) is 19.6 Å². The number of likely N-dealkylation sites (N-methyl/N-ethyl adjacent to an activating group) is 1. The van der Waals surface area contributed by atoms with E-state index < -0.39 is 41.1 Å². The number of hydrogen-bond acceptors (Lipinski definition) is 8. The Labute approximate surface area is 206 Å². The first-order valence-corrected chi connectivity index (χ1v) is 11.7. The van der Waals surface area contributed by atoms with E-state index in [1.165, 1.54) is 13.8 Å². The van der Waals surface area contributed by atoms with Crippen molar-refractivity contribution < 1.29 is 34.4 Å². The molecule has 1 spiro atoms. The highest BCUT2D eigenvalue weighted by atomic mass is 16.6. The summed E-state index contributed by atoms with van der Waals surface area (Å²) in [5.74, 6) is -0.559. The topological polar surface area (TPSA) is 129 Å². The molecule has 1 amide bonds. The van der Waals surface area contributed by atoms with Gasteiger partial charge in [-0.15, -0.1) is 0 Å². The van der Waals surface area contributed by atoms with Gasteiger partial charge < -0.3 is 35.0 Å². The van der Waals surface area contributed by atoms with Crippen molar-refractivity contribution in [3.63, 3.8) is 0 Å². The van der Waals surface area contributed by atoms with E-state index in [2.05, 4.69) is 10.2 Å². The van der Waals surface area contributed by atoms with E-state index in [0.717, 1.165) is 11.1 Å². The Morgan fingerprint density at radius 1 is 1.34 bits per heavy atom. The number of aliphatic hydroxyl groups is 3. The molecule has 35 heavy (non-hydrogen) atoms. The van der Waals surface area contributed by atoms with E-state index >= 15 is 0 Å². The standard InChI is InChI=1S/C25H34N2O7.CH4/c1-13-6-7-17(12-28)20-19(13)24-10-11-27(5)16(4)25(24,32)9-8-18(21(24)34-20)33-23(31)14(2)26-22(30)15(3)29;/h6-8,14-16,21,28-29,32H,9-12H2,1-5H3,(H,26,30);1H4/t14-,15-,16+,21-,24-,25+;/m0./s1.